The predicted octanol–water partition coefficient (Wildman–Crippen LogP) is 2.86. The first-order chi connectivity index (χ1) is 7.61. The Morgan fingerprint density at radius 2 is 1.94 bits per heavy atom. The smallest absolute Gasteiger partial charge is 0.0485 e. The summed E-state index contributed by atoms with van der Waals surface area (Å²) >= 11 is 0. The zero-order valence-corrected chi connectivity index (χ0v) is 10.3. The van der Waals surface area contributed by atoms with Gasteiger partial charge < -0.3 is 0 Å². The third-order valence-electron chi connectivity index (χ3n) is 2.09. The topological polar surface area (TPSA) is 65.8 Å². The van der Waals surface area contributed by atoms with E-state index in [0.717, 1.165) is 5.56 Å². The lowest BCUT2D eigenvalue weighted by atomic mass is 10.1. The van der Waals surface area contributed by atoms with Crippen LogP contribution in [0.2, 0.25) is 0 Å². The van der Waals surface area contributed by atoms with Crippen LogP contribution in [0.15, 0.2) is 23.3 Å². The Bertz CT molecular complexity index is 419. The number of hydrogen-bond donors (Lipinski definition) is 0. The van der Waals surface area contributed by atoms with Crippen molar-refractivity contribution in [2.75, 3.05) is 12.3 Å². The summed E-state index contributed by atoms with van der Waals surface area (Å²) in [6.07, 6.45) is 0. The van der Waals surface area contributed by atoms with Gasteiger partial charge in [0.15, 0.2) is 0 Å². The molecule has 16 heavy (non-hydrogen) atoms. The second kappa shape index (κ2) is 6.30. The van der Waals surface area contributed by atoms with E-state index < -0.39 is 10.8 Å². The molecule has 0 radical (unpaired) electrons. The number of azide groups is 1. The van der Waals surface area contributed by atoms with Crippen molar-refractivity contribution in [3.63, 3.8) is 0 Å². The van der Waals surface area contributed by atoms with E-state index in [2.05, 4.69) is 16.1 Å². The van der Waals surface area contributed by atoms with Gasteiger partial charge in [-0.05, 0) is 24.9 Å². The van der Waals surface area contributed by atoms with Crippen LogP contribution in [0.4, 0.5) is 0 Å². The summed E-state index contributed by atoms with van der Waals surface area (Å²) in [7, 11) is -0.954. The average molecular weight is 237 g/mol. The molecular weight excluding hydrogens is 222 g/mol. The Kier molecular flexibility index (Phi) is 5.02. The third-order valence-corrected chi connectivity index (χ3v) is 3.38. The van der Waals surface area contributed by atoms with Gasteiger partial charge in [0.2, 0.25) is 0 Å². The van der Waals surface area contributed by atoms with Gasteiger partial charge in [-0.15, -0.1) is 0 Å². The molecule has 0 aliphatic heterocycles. The maximum absolute atomic E-state index is 11.6. The van der Waals surface area contributed by atoms with Gasteiger partial charge >= 0.3 is 0 Å². The summed E-state index contributed by atoms with van der Waals surface area (Å²) in [6.45, 7) is 4.35. The molecule has 1 atom stereocenters. The first kappa shape index (κ1) is 12.7. The van der Waals surface area contributed by atoms with Crippen molar-refractivity contribution in [3.05, 3.63) is 45.3 Å². The molecule has 0 fully saturated rings. The maximum atomic E-state index is 11.6. The van der Waals surface area contributed by atoms with Crippen LogP contribution in [0.25, 0.3) is 10.4 Å². The molecule has 0 aromatic heterocycles. The quantitative estimate of drug-likeness (QED) is 0.441. The monoisotopic (exact) mass is 237 g/mol. The zero-order chi connectivity index (χ0) is 12.0. The molecule has 5 heteroatoms. The Morgan fingerprint density at radius 1 is 1.31 bits per heavy atom. The van der Waals surface area contributed by atoms with Crippen molar-refractivity contribution >= 4 is 10.8 Å². The lowest BCUT2D eigenvalue weighted by Crippen LogP contribution is -2.03. The summed E-state index contributed by atoms with van der Waals surface area (Å²) in [5, 5.41) is 3.38. The van der Waals surface area contributed by atoms with E-state index in [1.165, 1.54) is 11.1 Å². The third kappa shape index (κ3) is 4.47. The molecule has 0 heterocycles. The van der Waals surface area contributed by atoms with Crippen molar-refractivity contribution in [1.29, 1.82) is 0 Å². The molecule has 1 unspecified atom stereocenters. The minimum atomic E-state index is -0.954. The predicted molar refractivity (Wildman–Crippen MR) is 66.6 cm³/mol. The Balaban J connectivity index is 2.58. The largest absolute Gasteiger partial charge is 0.259 e. The lowest BCUT2D eigenvalue weighted by molar-refractivity contribution is 0.682. The van der Waals surface area contributed by atoms with Gasteiger partial charge in [-0.1, -0.05) is 34.4 Å². The highest BCUT2D eigenvalue weighted by atomic mass is 32.2. The van der Waals surface area contributed by atoms with Crippen molar-refractivity contribution in [2.24, 2.45) is 5.11 Å². The van der Waals surface area contributed by atoms with Crippen LogP contribution in [-0.4, -0.2) is 16.5 Å². The SMILES string of the molecule is Cc1cc(C)cc(CS(=O)CCN=[N+]=[N-])c1. The molecule has 0 N–H and O–H groups in total. The number of aryl methyl sites for hydroxylation is 2. The first-order valence-corrected chi connectivity index (χ1v) is 6.53. The molecule has 86 valence electrons. The van der Waals surface area contributed by atoms with Crippen LogP contribution in [0.3, 0.4) is 0 Å². The van der Waals surface area contributed by atoms with Crippen LogP contribution >= 0.6 is 0 Å². The van der Waals surface area contributed by atoms with Crippen molar-refractivity contribution in [1.82, 2.24) is 0 Å². The minimum absolute atomic E-state index is 0.300. The highest BCUT2D eigenvalue weighted by Crippen LogP contribution is 2.10. The molecule has 0 aliphatic carbocycles. The molecule has 4 nitrogen and oxygen atoms in total. The summed E-state index contributed by atoms with van der Waals surface area (Å²) < 4.78 is 11.6. The summed E-state index contributed by atoms with van der Waals surface area (Å²) in [4.78, 5) is 2.63. The summed E-state index contributed by atoms with van der Waals surface area (Å²) in [6, 6.07) is 6.17. The van der Waals surface area contributed by atoms with E-state index in [1.807, 2.05) is 26.0 Å². The highest BCUT2D eigenvalue weighted by molar-refractivity contribution is 7.84. The van der Waals surface area contributed by atoms with Crippen LogP contribution in [-0.2, 0) is 16.6 Å². The highest BCUT2D eigenvalue weighted by Gasteiger charge is 2.02. The molecule has 1 aromatic rings. The van der Waals surface area contributed by atoms with Crippen LogP contribution in [0, 0.1) is 13.8 Å². The molecule has 0 saturated carbocycles. The van der Waals surface area contributed by atoms with Gasteiger partial charge in [0.1, 0.15) is 0 Å². The van der Waals surface area contributed by atoms with Gasteiger partial charge in [0, 0.05) is 33.8 Å². The van der Waals surface area contributed by atoms with Crippen molar-refractivity contribution < 1.29 is 4.21 Å². The van der Waals surface area contributed by atoms with E-state index in [9.17, 15) is 4.21 Å². The van der Waals surface area contributed by atoms with Gasteiger partial charge in [-0.2, -0.15) is 0 Å². The van der Waals surface area contributed by atoms with Gasteiger partial charge in [0.25, 0.3) is 0 Å². The van der Waals surface area contributed by atoms with E-state index in [4.69, 9.17) is 5.53 Å². The normalized spacial score (nSPS) is 11.9. The zero-order valence-electron chi connectivity index (χ0n) is 9.51. The molecule has 0 amide bonds. The first-order valence-electron chi connectivity index (χ1n) is 5.05. The Hall–Kier alpha value is -1.32. The van der Waals surface area contributed by atoms with E-state index in [1.54, 1.807) is 0 Å². The molecule has 1 aromatic carbocycles. The lowest BCUT2D eigenvalue weighted by Gasteiger charge is -2.04. The van der Waals surface area contributed by atoms with Gasteiger partial charge in [0.05, 0.1) is 0 Å². The van der Waals surface area contributed by atoms with Crippen LogP contribution < -0.4 is 0 Å². The fourth-order valence-electron chi connectivity index (χ4n) is 1.60. The summed E-state index contributed by atoms with van der Waals surface area (Å²) in [5.41, 5.74) is 11.5. The van der Waals surface area contributed by atoms with E-state index >= 15 is 0 Å². The number of benzene rings is 1. The molecule has 0 bridgehead atoms. The molecule has 0 spiro atoms. The molecule has 1 rings (SSSR count). The Labute approximate surface area is 97.8 Å². The van der Waals surface area contributed by atoms with Crippen LogP contribution in [0.5, 0.6) is 0 Å². The van der Waals surface area contributed by atoms with Crippen LogP contribution in [0.1, 0.15) is 16.7 Å². The van der Waals surface area contributed by atoms with E-state index in [-0.39, 0.29) is 0 Å². The maximum Gasteiger partial charge on any atom is 0.0485 e. The minimum Gasteiger partial charge on any atom is -0.259 e. The van der Waals surface area contributed by atoms with Gasteiger partial charge in [-0.3, -0.25) is 4.21 Å². The molecular formula is C11H15N3OS. The number of hydrogen-bond acceptors (Lipinski definition) is 2. The number of nitrogens with zero attached hydrogens (tertiary/aromatic N) is 3. The fraction of sp³-hybridized carbons (Fsp3) is 0.455. The number of rotatable bonds is 5. The molecule has 0 aliphatic rings. The van der Waals surface area contributed by atoms with Crippen molar-refractivity contribution in [3.8, 4) is 0 Å². The Morgan fingerprint density at radius 3 is 2.50 bits per heavy atom. The average Bonchev–Trinajstić information content (AvgIpc) is 2.16. The fourth-order valence-corrected chi connectivity index (χ4v) is 2.57. The second-order valence-corrected chi connectivity index (χ2v) is 5.32. The van der Waals surface area contributed by atoms with E-state index in [0.29, 0.717) is 18.1 Å². The van der Waals surface area contributed by atoms with Gasteiger partial charge in [-0.25, -0.2) is 0 Å². The molecule has 0 saturated heterocycles. The second-order valence-electron chi connectivity index (χ2n) is 3.74. The van der Waals surface area contributed by atoms with Crippen molar-refractivity contribution in [2.45, 2.75) is 19.6 Å². The standard InChI is InChI=1S/C11H15N3OS/c1-9-5-10(2)7-11(6-9)8-16(15)4-3-13-14-12/h5-7H,3-4,8H2,1-2H3. The summed E-state index contributed by atoms with van der Waals surface area (Å²) in [5.74, 6) is 0.959.